The van der Waals surface area contributed by atoms with E-state index in [0.29, 0.717) is 0 Å². The first-order valence-corrected chi connectivity index (χ1v) is 11.0. The summed E-state index contributed by atoms with van der Waals surface area (Å²) in [5, 5.41) is 3.71. The first-order chi connectivity index (χ1) is 13.7. The van der Waals surface area contributed by atoms with E-state index in [-0.39, 0.29) is 11.0 Å². The number of nitrogens with zero attached hydrogens (tertiary/aromatic N) is 1. The lowest BCUT2D eigenvalue weighted by atomic mass is 9.68. The maximum Gasteiger partial charge on any atom is 0.0691 e. The lowest BCUT2D eigenvalue weighted by Gasteiger charge is -2.46. The van der Waals surface area contributed by atoms with Crippen molar-refractivity contribution in [2.24, 2.45) is 0 Å². The van der Waals surface area contributed by atoms with Crippen LogP contribution < -0.4 is 5.32 Å². The van der Waals surface area contributed by atoms with Crippen LogP contribution in [0.4, 0.5) is 0 Å². The summed E-state index contributed by atoms with van der Waals surface area (Å²) in [6.07, 6.45) is 11.5. The Morgan fingerprint density at radius 1 is 1.04 bits per heavy atom. The first kappa shape index (κ1) is 19.6. The van der Waals surface area contributed by atoms with Gasteiger partial charge in [0.25, 0.3) is 0 Å². The van der Waals surface area contributed by atoms with Crippen LogP contribution in [0.2, 0.25) is 0 Å². The van der Waals surface area contributed by atoms with Crippen LogP contribution in [0.3, 0.4) is 0 Å². The minimum absolute atomic E-state index is 0.108. The lowest BCUT2D eigenvalue weighted by molar-refractivity contribution is -0.104. The molecule has 3 heteroatoms. The molecule has 2 fully saturated rings. The molecule has 3 nitrogen and oxygen atoms in total. The summed E-state index contributed by atoms with van der Waals surface area (Å²) in [6, 6.07) is 15.3. The number of rotatable bonds is 7. The fourth-order valence-electron chi connectivity index (χ4n) is 5.35. The van der Waals surface area contributed by atoms with E-state index < -0.39 is 0 Å². The van der Waals surface area contributed by atoms with E-state index in [1.54, 1.807) is 0 Å². The molecule has 4 rings (SSSR count). The van der Waals surface area contributed by atoms with Gasteiger partial charge >= 0.3 is 0 Å². The minimum Gasteiger partial charge on any atom is -0.375 e. The molecule has 1 aromatic carbocycles. The summed E-state index contributed by atoms with van der Waals surface area (Å²) in [5.41, 5.74) is 4.29. The molecule has 1 saturated carbocycles. The number of hydrogen-bond donors (Lipinski definition) is 1. The Kier molecular flexibility index (Phi) is 6.13. The number of aromatic nitrogens is 1. The normalized spacial score (nSPS) is 23.9. The third-order valence-corrected chi connectivity index (χ3v) is 6.83. The predicted molar refractivity (Wildman–Crippen MR) is 115 cm³/mol. The van der Waals surface area contributed by atoms with Crippen LogP contribution >= 0.6 is 0 Å². The molecule has 1 aliphatic heterocycles. The van der Waals surface area contributed by atoms with Gasteiger partial charge in [-0.25, -0.2) is 0 Å². The van der Waals surface area contributed by atoms with Gasteiger partial charge in [-0.3, -0.25) is 4.98 Å². The summed E-state index contributed by atoms with van der Waals surface area (Å²) in [7, 11) is 0. The highest BCUT2D eigenvalue weighted by Gasteiger charge is 2.48. The second-order valence-electron chi connectivity index (χ2n) is 8.90. The van der Waals surface area contributed by atoms with Crippen LogP contribution in [0.1, 0.15) is 61.8 Å². The quantitative estimate of drug-likeness (QED) is 0.691. The minimum atomic E-state index is 0.108. The molecule has 1 aromatic heterocycles. The average molecular weight is 379 g/mol. The number of nitrogens with one attached hydrogen (secondary N) is 1. The highest BCUT2D eigenvalue weighted by Crippen LogP contribution is 2.49. The summed E-state index contributed by atoms with van der Waals surface area (Å²) < 4.78 is 6.35. The van der Waals surface area contributed by atoms with Crippen LogP contribution in [0, 0.1) is 6.92 Å². The molecule has 1 unspecified atom stereocenters. The maximum absolute atomic E-state index is 6.35. The van der Waals surface area contributed by atoms with E-state index >= 15 is 0 Å². The Bertz CT molecular complexity index is 754. The Morgan fingerprint density at radius 2 is 1.93 bits per heavy atom. The smallest absolute Gasteiger partial charge is 0.0691 e. The molecule has 2 heterocycles. The molecule has 28 heavy (non-hydrogen) atoms. The third kappa shape index (κ3) is 4.47. The molecule has 150 valence electrons. The maximum atomic E-state index is 6.35. The van der Waals surface area contributed by atoms with Crippen molar-refractivity contribution in [3.8, 4) is 0 Å². The van der Waals surface area contributed by atoms with Crippen molar-refractivity contribution in [2.75, 3.05) is 19.7 Å². The Morgan fingerprint density at radius 3 is 2.71 bits per heavy atom. The van der Waals surface area contributed by atoms with Crippen molar-refractivity contribution in [2.45, 2.75) is 69.3 Å². The standard InChI is InChI=1S/C25H34N2O/c1-21-7-6-8-22(19-21)10-16-26-17-13-24(23-9-2-5-15-27-23)14-18-28-25(20-24)11-3-4-12-25/h2,5-9,15,19,26H,3-4,10-14,16-18,20H2,1H3. The van der Waals surface area contributed by atoms with Crippen molar-refractivity contribution in [1.29, 1.82) is 0 Å². The fraction of sp³-hybridized carbons (Fsp3) is 0.560. The van der Waals surface area contributed by atoms with Crippen molar-refractivity contribution < 1.29 is 4.74 Å². The van der Waals surface area contributed by atoms with Crippen molar-refractivity contribution in [3.63, 3.8) is 0 Å². The van der Waals surface area contributed by atoms with E-state index in [0.717, 1.165) is 45.4 Å². The molecular formula is C25H34N2O. The van der Waals surface area contributed by atoms with E-state index in [2.05, 4.69) is 48.6 Å². The van der Waals surface area contributed by atoms with Crippen molar-refractivity contribution >= 4 is 0 Å². The molecule has 2 aliphatic rings. The second-order valence-corrected chi connectivity index (χ2v) is 8.90. The Hall–Kier alpha value is -1.71. The van der Waals surface area contributed by atoms with Gasteiger partial charge in [0.1, 0.15) is 0 Å². The molecular weight excluding hydrogens is 344 g/mol. The Labute approximate surface area is 169 Å². The van der Waals surface area contributed by atoms with Gasteiger partial charge in [0.2, 0.25) is 0 Å². The van der Waals surface area contributed by atoms with Crippen LogP contribution in [0.15, 0.2) is 48.7 Å². The van der Waals surface area contributed by atoms with Gasteiger partial charge in [-0.2, -0.15) is 0 Å². The van der Waals surface area contributed by atoms with E-state index in [4.69, 9.17) is 9.72 Å². The summed E-state index contributed by atoms with van der Waals surface area (Å²) in [6.45, 7) is 5.11. The SMILES string of the molecule is Cc1cccc(CCNCCC2(c3ccccn3)CCOC3(CCCC3)C2)c1. The molecule has 1 saturated heterocycles. The average Bonchev–Trinajstić information content (AvgIpc) is 3.16. The molecule has 1 aliphatic carbocycles. The number of hydrogen-bond acceptors (Lipinski definition) is 3. The Balaban J connectivity index is 1.39. The molecule has 0 radical (unpaired) electrons. The summed E-state index contributed by atoms with van der Waals surface area (Å²) in [4.78, 5) is 4.80. The zero-order valence-electron chi connectivity index (χ0n) is 17.3. The van der Waals surface area contributed by atoms with Crippen molar-refractivity contribution in [1.82, 2.24) is 10.3 Å². The zero-order valence-corrected chi connectivity index (χ0v) is 17.3. The summed E-state index contributed by atoms with van der Waals surface area (Å²) in [5.74, 6) is 0. The van der Waals surface area contributed by atoms with E-state index in [9.17, 15) is 0 Å². The first-order valence-electron chi connectivity index (χ1n) is 11.0. The molecule has 1 N–H and O–H groups in total. The lowest BCUT2D eigenvalue weighted by Crippen LogP contribution is -2.47. The third-order valence-electron chi connectivity index (χ3n) is 6.83. The van der Waals surface area contributed by atoms with Crippen molar-refractivity contribution in [3.05, 3.63) is 65.5 Å². The van der Waals surface area contributed by atoms with E-state index in [1.807, 2.05) is 12.3 Å². The van der Waals surface area contributed by atoms with Gasteiger partial charge in [-0.1, -0.05) is 48.7 Å². The van der Waals surface area contributed by atoms with Crippen LogP contribution in [-0.2, 0) is 16.6 Å². The number of aryl methyl sites for hydroxylation is 1. The van der Waals surface area contributed by atoms with Gasteiger partial charge < -0.3 is 10.1 Å². The van der Waals surface area contributed by atoms with Gasteiger partial charge in [0, 0.05) is 23.9 Å². The van der Waals surface area contributed by atoms with Gasteiger partial charge in [-0.15, -0.1) is 0 Å². The molecule has 1 spiro atoms. The second kappa shape index (κ2) is 8.75. The predicted octanol–water partition coefficient (Wildman–Crippen LogP) is 4.97. The monoisotopic (exact) mass is 378 g/mol. The fourth-order valence-corrected chi connectivity index (χ4v) is 5.35. The van der Waals surface area contributed by atoms with Crippen LogP contribution in [0.25, 0.3) is 0 Å². The number of pyridine rings is 1. The highest BCUT2D eigenvalue weighted by atomic mass is 16.5. The molecule has 1 atom stereocenters. The summed E-state index contributed by atoms with van der Waals surface area (Å²) >= 11 is 0. The zero-order chi connectivity index (χ0) is 19.3. The van der Waals surface area contributed by atoms with Gasteiger partial charge in [0.05, 0.1) is 5.60 Å². The largest absolute Gasteiger partial charge is 0.375 e. The van der Waals surface area contributed by atoms with Gasteiger partial charge in [-0.05, 0) is 76.2 Å². The molecule has 0 amide bonds. The molecule has 2 aromatic rings. The topological polar surface area (TPSA) is 34.2 Å². The number of benzene rings is 1. The van der Waals surface area contributed by atoms with Crippen LogP contribution in [-0.4, -0.2) is 30.3 Å². The van der Waals surface area contributed by atoms with Crippen LogP contribution in [0.5, 0.6) is 0 Å². The highest BCUT2D eigenvalue weighted by molar-refractivity contribution is 5.23. The van der Waals surface area contributed by atoms with E-state index in [1.165, 1.54) is 42.5 Å². The van der Waals surface area contributed by atoms with Gasteiger partial charge in [0.15, 0.2) is 0 Å². The molecule has 0 bridgehead atoms. The number of ether oxygens (including phenoxy) is 1.